The molecule has 0 N–H and O–H groups in total. The van der Waals surface area contributed by atoms with Crippen molar-refractivity contribution >= 4 is 11.6 Å². The molecular formula is C22H22ClNO2. The molecule has 0 bridgehead atoms. The highest BCUT2D eigenvalue weighted by Crippen LogP contribution is 2.24. The van der Waals surface area contributed by atoms with Gasteiger partial charge in [-0.15, -0.1) is 0 Å². The SMILES string of the molecule is CCON(Cc1ccccc1)Cc1cccc(Oc2ccc(Cl)cc2)c1. The van der Waals surface area contributed by atoms with Crippen molar-refractivity contribution in [1.82, 2.24) is 5.06 Å². The molecule has 0 spiro atoms. The van der Waals surface area contributed by atoms with Crippen LogP contribution >= 0.6 is 11.6 Å². The molecule has 3 aromatic rings. The number of hydrogen-bond acceptors (Lipinski definition) is 3. The minimum atomic E-state index is 0.633. The van der Waals surface area contributed by atoms with Gasteiger partial charge in [0.05, 0.1) is 6.61 Å². The lowest BCUT2D eigenvalue weighted by Crippen LogP contribution is -2.23. The maximum absolute atomic E-state index is 5.92. The predicted molar refractivity (Wildman–Crippen MR) is 105 cm³/mol. The van der Waals surface area contributed by atoms with Gasteiger partial charge in [-0.1, -0.05) is 54.1 Å². The number of rotatable bonds is 8. The van der Waals surface area contributed by atoms with E-state index >= 15 is 0 Å². The molecule has 3 nitrogen and oxygen atoms in total. The van der Waals surface area contributed by atoms with Crippen LogP contribution in [0.4, 0.5) is 0 Å². The Bertz CT molecular complexity index is 806. The van der Waals surface area contributed by atoms with Crippen molar-refractivity contribution in [3.05, 3.63) is 95.0 Å². The second kappa shape index (κ2) is 9.39. The quantitative estimate of drug-likeness (QED) is 0.450. The Balaban J connectivity index is 1.68. The van der Waals surface area contributed by atoms with Crippen LogP contribution in [0.3, 0.4) is 0 Å². The number of benzene rings is 3. The minimum absolute atomic E-state index is 0.633. The number of hydroxylamine groups is 2. The zero-order chi connectivity index (χ0) is 18.2. The summed E-state index contributed by atoms with van der Waals surface area (Å²) >= 11 is 5.92. The summed E-state index contributed by atoms with van der Waals surface area (Å²) in [6, 6.07) is 25.7. The number of hydrogen-bond donors (Lipinski definition) is 0. The fourth-order valence-corrected chi connectivity index (χ4v) is 2.79. The molecule has 0 aliphatic rings. The fourth-order valence-electron chi connectivity index (χ4n) is 2.67. The normalized spacial score (nSPS) is 10.9. The lowest BCUT2D eigenvalue weighted by Gasteiger charge is -2.21. The third kappa shape index (κ3) is 5.60. The molecular weight excluding hydrogens is 346 g/mol. The molecule has 0 fully saturated rings. The molecule has 0 unspecified atom stereocenters. The lowest BCUT2D eigenvalue weighted by atomic mass is 10.2. The zero-order valence-corrected chi connectivity index (χ0v) is 15.5. The molecule has 0 heterocycles. The molecule has 0 aliphatic heterocycles. The van der Waals surface area contributed by atoms with Crippen molar-refractivity contribution in [3.63, 3.8) is 0 Å². The highest BCUT2D eigenvalue weighted by Gasteiger charge is 2.08. The summed E-state index contributed by atoms with van der Waals surface area (Å²) < 4.78 is 5.92. The third-order valence-corrected chi connectivity index (χ3v) is 4.07. The lowest BCUT2D eigenvalue weighted by molar-refractivity contribution is -0.169. The molecule has 0 radical (unpaired) electrons. The average molecular weight is 368 g/mol. The first-order valence-electron chi connectivity index (χ1n) is 8.67. The summed E-state index contributed by atoms with van der Waals surface area (Å²) in [4.78, 5) is 5.80. The standard InChI is InChI=1S/C22H22ClNO2/c1-2-25-24(16-18-7-4-3-5-8-18)17-19-9-6-10-22(15-19)26-21-13-11-20(23)12-14-21/h3-15H,2,16-17H2,1H3. The van der Waals surface area contributed by atoms with Gasteiger partial charge < -0.3 is 4.74 Å². The van der Waals surface area contributed by atoms with E-state index in [1.165, 1.54) is 5.56 Å². The molecule has 0 amide bonds. The molecule has 0 saturated heterocycles. The zero-order valence-electron chi connectivity index (χ0n) is 14.8. The maximum atomic E-state index is 5.92. The summed E-state index contributed by atoms with van der Waals surface area (Å²) in [5.74, 6) is 1.55. The Labute approximate surface area is 159 Å². The molecule has 26 heavy (non-hydrogen) atoms. The Morgan fingerprint density at radius 1 is 0.769 bits per heavy atom. The van der Waals surface area contributed by atoms with Gasteiger partial charge >= 0.3 is 0 Å². The Morgan fingerprint density at radius 2 is 1.46 bits per heavy atom. The molecule has 134 valence electrons. The number of ether oxygens (including phenoxy) is 1. The van der Waals surface area contributed by atoms with Gasteiger partial charge in [-0.25, -0.2) is 0 Å². The van der Waals surface area contributed by atoms with E-state index in [0.717, 1.165) is 23.6 Å². The Kier molecular flexibility index (Phi) is 6.67. The van der Waals surface area contributed by atoms with E-state index < -0.39 is 0 Å². The van der Waals surface area contributed by atoms with Crippen LogP contribution in [0.2, 0.25) is 5.02 Å². The number of nitrogens with zero attached hydrogens (tertiary/aromatic N) is 1. The Morgan fingerprint density at radius 3 is 2.19 bits per heavy atom. The average Bonchev–Trinajstić information content (AvgIpc) is 2.65. The summed E-state index contributed by atoms with van der Waals surface area (Å²) in [6.45, 7) is 4.05. The highest BCUT2D eigenvalue weighted by atomic mass is 35.5. The largest absolute Gasteiger partial charge is 0.457 e. The van der Waals surface area contributed by atoms with Gasteiger partial charge in [0.25, 0.3) is 0 Å². The van der Waals surface area contributed by atoms with Crippen LogP contribution < -0.4 is 4.74 Å². The van der Waals surface area contributed by atoms with Crippen LogP contribution in [0, 0.1) is 0 Å². The molecule has 0 atom stereocenters. The van der Waals surface area contributed by atoms with Crippen LogP contribution in [0.1, 0.15) is 18.1 Å². The Hall–Kier alpha value is -2.33. The van der Waals surface area contributed by atoms with Crippen molar-refractivity contribution in [2.24, 2.45) is 0 Å². The predicted octanol–water partition coefficient (Wildman–Crippen LogP) is 6.09. The van der Waals surface area contributed by atoms with E-state index in [4.69, 9.17) is 21.2 Å². The van der Waals surface area contributed by atoms with E-state index in [0.29, 0.717) is 18.2 Å². The topological polar surface area (TPSA) is 21.7 Å². The molecule has 4 heteroatoms. The first-order chi connectivity index (χ1) is 12.7. The van der Waals surface area contributed by atoms with Gasteiger partial charge in [0.1, 0.15) is 11.5 Å². The van der Waals surface area contributed by atoms with Crippen molar-refractivity contribution in [2.45, 2.75) is 20.0 Å². The second-order valence-electron chi connectivity index (χ2n) is 5.90. The summed E-state index contributed by atoms with van der Waals surface area (Å²) in [5.41, 5.74) is 2.34. The first-order valence-corrected chi connectivity index (χ1v) is 9.05. The first kappa shape index (κ1) is 18.5. The van der Waals surface area contributed by atoms with Crippen molar-refractivity contribution in [1.29, 1.82) is 0 Å². The van der Waals surface area contributed by atoms with E-state index in [1.54, 1.807) is 0 Å². The van der Waals surface area contributed by atoms with E-state index in [2.05, 4.69) is 18.2 Å². The van der Waals surface area contributed by atoms with Gasteiger partial charge in [-0.3, -0.25) is 4.84 Å². The van der Waals surface area contributed by atoms with Crippen molar-refractivity contribution < 1.29 is 9.57 Å². The second-order valence-corrected chi connectivity index (χ2v) is 6.34. The smallest absolute Gasteiger partial charge is 0.127 e. The van der Waals surface area contributed by atoms with Crippen molar-refractivity contribution in [3.8, 4) is 11.5 Å². The highest BCUT2D eigenvalue weighted by molar-refractivity contribution is 6.30. The maximum Gasteiger partial charge on any atom is 0.127 e. The molecule has 0 aliphatic carbocycles. The van der Waals surface area contributed by atoms with Gasteiger partial charge in [-0.2, -0.15) is 5.06 Å². The van der Waals surface area contributed by atoms with Crippen LogP contribution in [0.5, 0.6) is 11.5 Å². The summed E-state index contributed by atoms with van der Waals surface area (Å²) in [6.07, 6.45) is 0. The van der Waals surface area contributed by atoms with Crippen LogP contribution in [-0.2, 0) is 17.9 Å². The molecule has 3 rings (SSSR count). The summed E-state index contributed by atoms with van der Waals surface area (Å²) in [7, 11) is 0. The fraction of sp³-hybridized carbons (Fsp3) is 0.182. The van der Waals surface area contributed by atoms with Gasteiger partial charge in [0, 0.05) is 18.1 Å². The van der Waals surface area contributed by atoms with Crippen molar-refractivity contribution in [2.75, 3.05) is 6.61 Å². The van der Waals surface area contributed by atoms with Crippen LogP contribution in [0.25, 0.3) is 0 Å². The van der Waals surface area contributed by atoms with Crippen LogP contribution in [-0.4, -0.2) is 11.7 Å². The van der Waals surface area contributed by atoms with Gasteiger partial charge in [0.2, 0.25) is 0 Å². The third-order valence-electron chi connectivity index (χ3n) is 3.82. The molecule has 3 aromatic carbocycles. The number of halogens is 1. The monoisotopic (exact) mass is 367 g/mol. The molecule has 0 aromatic heterocycles. The van der Waals surface area contributed by atoms with E-state index in [9.17, 15) is 0 Å². The summed E-state index contributed by atoms with van der Waals surface area (Å²) in [5, 5.41) is 2.66. The van der Waals surface area contributed by atoms with Crippen LogP contribution in [0.15, 0.2) is 78.9 Å². The van der Waals surface area contributed by atoms with Gasteiger partial charge in [-0.05, 0) is 54.4 Å². The van der Waals surface area contributed by atoms with E-state index in [-0.39, 0.29) is 0 Å². The van der Waals surface area contributed by atoms with Gasteiger partial charge in [0.15, 0.2) is 0 Å². The minimum Gasteiger partial charge on any atom is -0.457 e. The van der Waals surface area contributed by atoms with E-state index in [1.807, 2.05) is 72.7 Å². The molecule has 0 saturated carbocycles.